The third kappa shape index (κ3) is 4.92. The molecule has 0 aliphatic rings. The minimum atomic E-state index is -0.381. The van der Waals surface area contributed by atoms with Crippen molar-refractivity contribution in [3.63, 3.8) is 0 Å². The largest absolute Gasteiger partial charge is 0.344 e. The number of hydrogen-bond acceptors (Lipinski definition) is 4. The number of nitrogens with one attached hydrogen (secondary N) is 2. The summed E-state index contributed by atoms with van der Waals surface area (Å²) < 4.78 is 0. The number of carbonyl (C=O) groups excluding carboxylic acids is 1. The molecular formula is C22H24N4O2. The number of rotatable bonds is 6. The smallest absolute Gasteiger partial charge is 0.270 e. The third-order valence-corrected chi connectivity index (χ3v) is 4.35. The molecule has 0 spiro atoms. The van der Waals surface area contributed by atoms with Crippen LogP contribution in [0.25, 0.3) is 11.4 Å². The van der Waals surface area contributed by atoms with Crippen molar-refractivity contribution >= 4 is 5.91 Å². The molecule has 0 fully saturated rings. The number of amides is 1. The summed E-state index contributed by atoms with van der Waals surface area (Å²) in [5.74, 6) is -0.00732. The Labute approximate surface area is 164 Å². The summed E-state index contributed by atoms with van der Waals surface area (Å²) in [6.07, 6.45) is 0. The van der Waals surface area contributed by atoms with E-state index in [0.29, 0.717) is 5.82 Å². The molecule has 1 aromatic heterocycles. The van der Waals surface area contributed by atoms with Crippen LogP contribution in [0.2, 0.25) is 0 Å². The van der Waals surface area contributed by atoms with Gasteiger partial charge in [-0.2, -0.15) is 0 Å². The molecule has 3 aromatic rings. The van der Waals surface area contributed by atoms with Gasteiger partial charge in [0.2, 0.25) is 0 Å². The summed E-state index contributed by atoms with van der Waals surface area (Å²) in [5, 5.41) is 2.91. The molecule has 1 atom stereocenters. The highest BCUT2D eigenvalue weighted by atomic mass is 16.2. The van der Waals surface area contributed by atoms with Crippen LogP contribution in [0, 0.1) is 0 Å². The topological polar surface area (TPSA) is 78.1 Å². The SMILES string of the molecule is C[C@@H](NC(=O)c1cc(=O)[nH]c(-c2ccccc2)n1)c1ccc(CN(C)C)cc1. The van der Waals surface area contributed by atoms with Crippen molar-refractivity contribution in [1.82, 2.24) is 20.2 Å². The number of aromatic amines is 1. The van der Waals surface area contributed by atoms with Gasteiger partial charge in [0.25, 0.3) is 11.5 Å². The standard InChI is InChI=1S/C22H24N4O2/c1-15(17-11-9-16(10-12-17)14-26(2)3)23-22(28)19-13-20(27)25-21(24-19)18-7-5-4-6-8-18/h4-13,15H,14H2,1-3H3,(H,23,28)(H,24,25,27)/t15-/m1/s1. The second-order valence-corrected chi connectivity index (χ2v) is 7.02. The molecule has 0 saturated carbocycles. The van der Waals surface area contributed by atoms with E-state index in [1.807, 2.05) is 63.5 Å². The zero-order valence-corrected chi connectivity index (χ0v) is 16.3. The van der Waals surface area contributed by atoms with Crippen molar-refractivity contribution in [3.05, 3.63) is 87.8 Å². The Balaban J connectivity index is 1.75. The minimum absolute atomic E-state index is 0.0960. The molecule has 3 rings (SSSR count). The minimum Gasteiger partial charge on any atom is -0.344 e. The lowest BCUT2D eigenvalue weighted by atomic mass is 10.1. The summed E-state index contributed by atoms with van der Waals surface area (Å²) in [6, 6.07) is 18.4. The van der Waals surface area contributed by atoms with Crippen molar-refractivity contribution in [3.8, 4) is 11.4 Å². The van der Waals surface area contributed by atoms with E-state index in [0.717, 1.165) is 17.7 Å². The van der Waals surface area contributed by atoms with Crippen molar-refractivity contribution in [1.29, 1.82) is 0 Å². The summed E-state index contributed by atoms with van der Waals surface area (Å²) in [7, 11) is 4.05. The van der Waals surface area contributed by atoms with Crippen LogP contribution in [0.4, 0.5) is 0 Å². The molecule has 28 heavy (non-hydrogen) atoms. The van der Waals surface area contributed by atoms with Crippen LogP contribution >= 0.6 is 0 Å². The van der Waals surface area contributed by atoms with Crippen molar-refractivity contribution in [2.75, 3.05) is 14.1 Å². The number of hydrogen-bond donors (Lipinski definition) is 2. The highest BCUT2D eigenvalue weighted by Gasteiger charge is 2.15. The van der Waals surface area contributed by atoms with Gasteiger partial charge in [-0.25, -0.2) is 4.98 Å². The molecule has 6 heteroatoms. The van der Waals surface area contributed by atoms with E-state index in [1.165, 1.54) is 11.6 Å². The molecule has 0 unspecified atom stereocenters. The van der Waals surface area contributed by atoms with Crippen LogP contribution in [0.3, 0.4) is 0 Å². The molecule has 0 saturated heterocycles. The molecule has 0 aliphatic carbocycles. The van der Waals surface area contributed by atoms with Crippen molar-refractivity contribution in [2.24, 2.45) is 0 Å². The van der Waals surface area contributed by atoms with E-state index in [2.05, 4.69) is 32.3 Å². The molecule has 0 radical (unpaired) electrons. The zero-order chi connectivity index (χ0) is 20.1. The monoisotopic (exact) mass is 376 g/mol. The maximum absolute atomic E-state index is 12.6. The lowest BCUT2D eigenvalue weighted by molar-refractivity contribution is 0.0934. The molecule has 0 aliphatic heterocycles. The molecule has 1 amide bonds. The van der Waals surface area contributed by atoms with Crippen LogP contribution in [0.1, 0.15) is 34.6 Å². The highest BCUT2D eigenvalue weighted by Crippen LogP contribution is 2.16. The average Bonchev–Trinajstić information content (AvgIpc) is 2.68. The summed E-state index contributed by atoms with van der Waals surface area (Å²) >= 11 is 0. The molecule has 2 N–H and O–H groups in total. The zero-order valence-electron chi connectivity index (χ0n) is 16.3. The Bertz CT molecular complexity index is 995. The first-order valence-electron chi connectivity index (χ1n) is 9.13. The third-order valence-electron chi connectivity index (χ3n) is 4.35. The van der Waals surface area contributed by atoms with Gasteiger partial charge in [-0.3, -0.25) is 9.59 Å². The van der Waals surface area contributed by atoms with E-state index in [4.69, 9.17) is 0 Å². The Kier molecular flexibility index (Phi) is 6.01. The van der Waals surface area contributed by atoms with Gasteiger partial charge in [-0.05, 0) is 32.1 Å². The molecule has 2 aromatic carbocycles. The number of benzene rings is 2. The predicted molar refractivity (Wildman–Crippen MR) is 110 cm³/mol. The van der Waals surface area contributed by atoms with E-state index in [-0.39, 0.29) is 23.2 Å². The quantitative estimate of drug-likeness (QED) is 0.693. The predicted octanol–water partition coefficient (Wildman–Crippen LogP) is 2.99. The second kappa shape index (κ2) is 8.63. The fraction of sp³-hybridized carbons (Fsp3) is 0.227. The van der Waals surface area contributed by atoms with E-state index >= 15 is 0 Å². The average molecular weight is 376 g/mol. The number of carbonyl (C=O) groups is 1. The fourth-order valence-corrected chi connectivity index (χ4v) is 2.94. The number of aromatic nitrogens is 2. The van der Waals surface area contributed by atoms with Gasteiger partial charge in [0, 0.05) is 18.2 Å². The van der Waals surface area contributed by atoms with Gasteiger partial charge in [-0.15, -0.1) is 0 Å². The van der Waals surface area contributed by atoms with Crippen LogP contribution in [-0.2, 0) is 6.54 Å². The summed E-state index contributed by atoms with van der Waals surface area (Å²) in [6.45, 7) is 2.77. The normalized spacial score (nSPS) is 12.0. The highest BCUT2D eigenvalue weighted by molar-refractivity contribution is 5.92. The van der Waals surface area contributed by atoms with Gasteiger partial charge in [0.1, 0.15) is 11.5 Å². The van der Waals surface area contributed by atoms with Gasteiger partial charge in [-0.1, -0.05) is 54.6 Å². The summed E-state index contributed by atoms with van der Waals surface area (Å²) in [4.78, 5) is 33.7. The van der Waals surface area contributed by atoms with Crippen molar-refractivity contribution < 1.29 is 4.79 Å². The van der Waals surface area contributed by atoms with Gasteiger partial charge in [0.05, 0.1) is 6.04 Å². The molecular weight excluding hydrogens is 352 g/mol. The first-order valence-corrected chi connectivity index (χ1v) is 9.13. The van der Waals surface area contributed by atoms with Crippen LogP contribution in [-0.4, -0.2) is 34.9 Å². The van der Waals surface area contributed by atoms with Crippen LogP contribution in [0.5, 0.6) is 0 Å². The fourth-order valence-electron chi connectivity index (χ4n) is 2.94. The Morgan fingerprint density at radius 1 is 1.11 bits per heavy atom. The van der Waals surface area contributed by atoms with E-state index < -0.39 is 0 Å². The second-order valence-electron chi connectivity index (χ2n) is 7.02. The lowest BCUT2D eigenvalue weighted by Crippen LogP contribution is -2.29. The number of nitrogens with zero attached hydrogens (tertiary/aromatic N) is 2. The maximum Gasteiger partial charge on any atom is 0.270 e. The van der Waals surface area contributed by atoms with E-state index in [1.54, 1.807) is 0 Å². The Morgan fingerprint density at radius 2 is 1.79 bits per heavy atom. The van der Waals surface area contributed by atoms with Gasteiger partial charge in [0.15, 0.2) is 0 Å². The van der Waals surface area contributed by atoms with Crippen LogP contribution < -0.4 is 10.9 Å². The van der Waals surface area contributed by atoms with Crippen molar-refractivity contribution in [2.45, 2.75) is 19.5 Å². The first kappa shape index (κ1) is 19.5. The Morgan fingerprint density at radius 3 is 2.43 bits per heavy atom. The van der Waals surface area contributed by atoms with Gasteiger partial charge >= 0.3 is 0 Å². The molecule has 0 bridgehead atoms. The number of H-pyrrole nitrogens is 1. The summed E-state index contributed by atoms with van der Waals surface area (Å²) in [5.41, 5.74) is 2.68. The van der Waals surface area contributed by atoms with Gasteiger partial charge < -0.3 is 15.2 Å². The first-order chi connectivity index (χ1) is 13.4. The molecule has 6 nitrogen and oxygen atoms in total. The van der Waals surface area contributed by atoms with Crippen LogP contribution in [0.15, 0.2) is 65.5 Å². The maximum atomic E-state index is 12.6. The molecule has 1 heterocycles. The lowest BCUT2D eigenvalue weighted by Gasteiger charge is -2.16. The Hall–Kier alpha value is -3.25. The molecule has 144 valence electrons. The van der Waals surface area contributed by atoms with E-state index in [9.17, 15) is 9.59 Å².